The zero-order chi connectivity index (χ0) is 18.4. The zero-order valence-corrected chi connectivity index (χ0v) is 15.8. The van der Waals surface area contributed by atoms with Gasteiger partial charge in [-0.25, -0.2) is 4.79 Å². The number of benzene rings is 1. The molecule has 1 aliphatic carbocycles. The molecule has 4 saturated heterocycles. The summed E-state index contributed by atoms with van der Waals surface area (Å²) in [5.74, 6) is 1.61. The second kappa shape index (κ2) is 6.82. The molecule has 144 valence electrons. The molecule has 6 heteroatoms. The van der Waals surface area contributed by atoms with Crippen LogP contribution < -0.4 is 10.2 Å². The fraction of sp³-hybridized carbons (Fsp3) is 0.619. The summed E-state index contributed by atoms with van der Waals surface area (Å²) in [7, 11) is 0. The maximum atomic E-state index is 13.2. The third kappa shape index (κ3) is 3.43. The van der Waals surface area contributed by atoms with Crippen molar-refractivity contribution in [2.75, 3.05) is 44.2 Å². The normalized spacial score (nSPS) is 28.4. The lowest BCUT2D eigenvalue weighted by molar-refractivity contribution is 0.0736. The summed E-state index contributed by atoms with van der Waals surface area (Å²) in [6.07, 6.45) is 5.22. The smallest absolute Gasteiger partial charge is 0.321 e. The number of amides is 3. The van der Waals surface area contributed by atoms with Gasteiger partial charge in [0.2, 0.25) is 0 Å². The first kappa shape index (κ1) is 17.0. The van der Waals surface area contributed by atoms with Crippen molar-refractivity contribution in [1.82, 2.24) is 15.1 Å². The molecule has 1 aromatic rings. The molecule has 3 amide bonds. The Hall–Kier alpha value is -2.08. The number of rotatable bonds is 4. The molecule has 2 bridgehead atoms. The largest absolute Gasteiger partial charge is 0.337 e. The highest BCUT2D eigenvalue weighted by molar-refractivity contribution is 5.98. The number of hydrogen-bond acceptors (Lipinski definition) is 3. The number of anilines is 1. The summed E-state index contributed by atoms with van der Waals surface area (Å²) < 4.78 is 0. The Bertz CT molecular complexity index is 747. The Morgan fingerprint density at radius 2 is 2.00 bits per heavy atom. The Morgan fingerprint density at radius 1 is 1.11 bits per heavy atom. The van der Waals surface area contributed by atoms with Gasteiger partial charge in [-0.15, -0.1) is 0 Å². The summed E-state index contributed by atoms with van der Waals surface area (Å²) in [6.45, 7) is 5.40. The first-order valence-corrected chi connectivity index (χ1v) is 10.4. The highest BCUT2D eigenvalue weighted by Crippen LogP contribution is 2.35. The van der Waals surface area contributed by atoms with Crippen molar-refractivity contribution in [3.8, 4) is 0 Å². The highest BCUT2D eigenvalue weighted by atomic mass is 16.2. The van der Waals surface area contributed by atoms with Gasteiger partial charge in [-0.2, -0.15) is 0 Å². The van der Waals surface area contributed by atoms with Crippen LogP contribution in [0.2, 0.25) is 0 Å². The van der Waals surface area contributed by atoms with Crippen molar-refractivity contribution in [3.63, 3.8) is 0 Å². The molecule has 1 N–H and O–H groups in total. The molecule has 6 nitrogen and oxygen atoms in total. The summed E-state index contributed by atoms with van der Waals surface area (Å²) in [6, 6.07) is 7.99. The third-order valence-corrected chi connectivity index (χ3v) is 6.57. The fourth-order valence-corrected chi connectivity index (χ4v) is 4.91. The molecule has 0 radical (unpaired) electrons. The maximum Gasteiger partial charge on any atom is 0.321 e. The standard InChI is InChI=1S/C21H28N4O2/c26-20(17-2-1-3-18(10-17)25-9-8-22-21(25)27)24-13-16-6-7-19(14-24)23(12-16)11-15-4-5-15/h1-3,10,15-16,19H,4-9,11-14H2,(H,22,27)/t16-,19-/m1/s1. The average molecular weight is 368 g/mol. The van der Waals surface area contributed by atoms with Gasteiger partial charge in [-0.3, -0.25) is 14.6 Å². The molecule has 1 aromatic carbocycles. The quantitative estimate of drug-likeness (QED) is 0.886. The number of piperidine rings is 1. The van der Waals surface area contributed by atoms with E-state index < -0.39 is 0 Å². The molecule has 27 heavy (non-hydrogen) atoms. The number of carbonyl (C=O) groups is 2. The first-order valence-electron chi connectivity index (χ1n) is 10.4. The minimum absolute atomic E-state index is 0.0804. The second-order valence-corrected chi connectivity index (χ2v) is 8.64. The van der Waals surface area contributed by atoms with E-state index in [9.17, 15) is 9.59 Å². The number of hydrogen-bond donors (Lipinski definition) is 1. The van der Waals surface area contributed by atoms with E-state index in [0.717, 1.165) is 31.2 Å². The fourth-order valence-electron chi connectivity index (χ4n) is 4.91. The predicted molar refractivity (Wildman–Crippen MR) is 104 cm³/mol. The van der Waals surface area contributed by atoms with E-state index in [-0.39, 0.29) is 11.9 Å². The lowest BCUT2D eigenvalue weighted by Gasteiger charge is -2.36. The topological polar surface area (TPSA) is 55.9 Å². The van der Waals surface area contributed by atoms with Gasteiger partial charge in [0.05, 0.1) is 0 Å². The molecule has 0 spiro atoms. The zero-order valence-electron chi connectivity index (χ0n) is 15.8. The minimum atomic E-state index is -0.0804. The number of fused-ring (bicyclic) bond motifs is 4. The molecule has 1 saturated carbocycles. The number of carbonyl (C=O) groups excluding carboxylic acids is 2. The van der Waals surface area contributed by atoms with E-state index in [0.29, 0.717) is 30.6 Å². The first-order chi connectivity index (χ1) is 13.2. The SMILES string of the molecule is O=C(c1cccc(N2CCNC2=O)c1)N1C[C@@H]2CC[C@H](C1)N(CC1CC1)C2. The van der Waals surface area contributed by atoms with Crippen LogP contribution in [0, 0.1) is 11.8 Å². The van der Waals surface area contributed by atoms with Crippen LogP contribution in [0.4, 0.5) is 10.5 Å². The van der Waals surface area contributed by atoms with Gasteiger partial charge in [0, 0.05) is 56.6 Å². The van der Waals surface area contributed by atoms with Crippen molar-refractivity contribution in [3.05, 3.63) is 29.8 Å². The van der Waals surface area contributed by atoms with Crippen LogP contribution in [0.15, 0.2) is 24.3 Å². The monoisotopic (exact) mass is 368 g/mol. The van der Waals surface area contributed by atoms with E-state index >= 15 is 0 Å². The Morgan fingerprint density at radius 3 is 2.78 bits per heavy atom. The second-order valence-electron chi connectivity index (χ2n) is 8.64. The molecular weight excluding hydrogens is 340 g/mol. The van der Waals surface area contributed by atoms with Crippen LogP contribution in [0.1, 0.15) is 36.0 Å². The lowest BCUT2D eigenvalue weighted by atomic mass is 9.95. The van der Waals surface area contributed by atoms with Crippen LogP contribution >= 0.6 is 0 Å². The lowest BCUT2D eigenvalue weighted by Crippen LogP contribution is -2.45. The molecule has 2 atom stereocenters. The Labute approximate surface area is 160 Å². The van der Waals surface area contributed by atoms with Gasteiger partial charge >= 0.3 is 6.03 Å². The van der Waals surface area contributed by atoms with Crippen molar-refractivity contribution in [2.45, 2.75) is 31.7 Å². The van der Waals surface area contributed by atoms with Gasteiger partial charge in [0.1, 0.15) is 0 Å². The number of nitrogens with one attached hydrogen (secondary N) is 1. The Kier molecular flexibility index (Phi) is 4.31. The molecule has 4 aliphatic heterocycles. The number of urea groups is 1. The summed E-state index contributed by atoms with van der Waals surface area (Å²) in [5.41, 5.74) is 1.51. The van der Waals surface area contributed by atoms with E-state index in [2.05, 4.69) is 15.1 Å². The third-order valence-electron chi connectivity index (χ3n) is 6.57. The van der Waals surface area contributed by atoms with Crippen LogP contribution in [0.5, 0.6) is 0 Å². The summed E-state index contributed by atoms with van der Waals surface area (Å²) in [5, 5.41) is 2.82. The van der Waals surface area contributed by atoms with Crippen LogP contribution in [0.25, 0.3) is 0 Å². The van der Waals surface area contributed by atoms with Crippen LogP contribution in [-0.4, -0.2) is 67.0 Å². The molecule has 4 heterocycles. The molecule has 0 unspecified atom stereocenters. The van der Waals surface area contributed by atoms with Crippen LogP contribution in [0.3, 0.4) is 0 Å². The maximum absolute atomic E-state index is 13.2. The van der Waals surface area contributed by atoms with Crippen LogP contribution in [-0.2, 0) is 0 Å². The van der Waals surface area contributed by atoms with Gasteiger partial charge in [0.25, 0.3) is 5.91 Å². The molecular formula is C21H28N4O2. The molecule has 5 aliphatic rings. The van der Waals surface area contributed by atoms with Gasteiger partial charge in [0.15, 0.2) is 0 Å². The van der Waals surface area contributed by atoms with Gasteiger partial charge < -0.3 is 10.2 Å². The number of nitrogens with zero attached hydrogens (tertiary/aromatic N) is 3. The van der Waals surface area contributed by atoms with E-state index in [1.807, 2.05) is 24.3 Å². The minimum Gasteiger partial charge on any atom is -0.337 e. The molecule has 6 rings (SSSR count). The molecule has 5 fully saturated rings. The van der Waals surface area contributed by atoms with E-state index in [1.165, 1.54) is 32.2 Å². The van der Waals surface area contributed by atoms with Crippen molar-refractivity contribution >= 4 is 17.6 Å². The highest BCUT2D eigenvalue weighted by Gasteiger charge is 2.38. The Balaban J connectivity index is 1.32. The predicted octanol–water partition coefficient (Wildman–Crippen LogP) is 2.16. The average Bonchev–Trinajstić information content (AvgIpc) is 3.46. The van der Waals surface area contributed by atoms with Crippen molar-refractivity contribution < 1.29 is 9.59 Å². The van der Waals surface area contributed by atoms with Gasteiger partial charge in [-0.05, 0) is 55.7 Å². The summed E-state index contributed by atoms with van der Waals surface area (Å²) >= 11 is 0. The van der Waals surface area contributed by atoms with Gasteiger partial charge in [-0.1, -0.05) is 6.07 Å². The van der Waals surface area contributed by atoms with E-state index in [4.69, 9.17) is 0 Å². The summed E-state index contributed by atoms with van der Waals surface area (Å²) in [4.78, 5) is 31.6. The van der Waals surface area contributed by atoms with Crippen molar-refractivity contribution in [1.29, 1.82) is 0 Å². The van der Waals surface area contributed by atoms with Crippen molar-refractivity contribution in [2.24, 2.45) is 11.8 Å². The molecule has 0 aromatic heterocycles. The van der Waals surface area contributed by atoms with E-state index in [1.54, 1.807) is 4.90 Å².